The van der Waals surface area contributed by atoms with Gasteiger partial charge in [-0.25, -0.2) is 0 Å². The SMILES string of the molecule is CCOc1ccccc1N1CCN(C(=O)COc2cc(C)ccc2Cl)CC1. The van der Waals surface area contributed by atoms with Crippen LogP contribution in [0.15, 0.2) is 42.5 Å². The second-order valence-corrected chi connectivity index (χ2v) is 6.90. The van der Waals surface area contributed by atoms with E-state index in [1.54, 1.807) is 6.07 Å². The largest absolute Gasteiger partial charge is 0.492 e. The summed E-state index contributed by atoms with van der Waals surface area (Å²) in [7, 11) is 0. The van der Waals surface area contributed by atoms with Gasteiger partial charge in [-0.2, -0.15) is 0 Å². The molecule has 0 saturated carbocycles. The van der Waals surface area contributed by atoms with Gasteiger partial charge in [0.05, 0.1) is 17.3 Å². The third-order valence-corrected chi connectivity index (χ3v) is 4.89. The Balaban J connectivity index is 1.54. The summed E-state index contributed by atoms with van der Waals surface area (Å²) in [5.41, 5.74) is 2.12. The van der Waals surface area contributed by atoms with Crippen LogP contribution in [0.3, 0.4) is 0 Å². The van der Waals surface area contributed by atoms with Gasteiger partial charge in [-0.3, -0.25) is 4.79 Å². The molecule has 1 amide bonds. The third-order valence-electron chi connectivity index (χ3n) is 4.58. The molecule has 1 aliphatic rings. The van der Waals surface area contributed by atoms with Gasteiger partial charge in [-0.05, 0) is 43.7 Å². The van der Waals surface area contributed by atoms with Gasteiger partial charge in [-0.1, -0.05) is 29.8 Å². The summed E-state index contributed by atoms with van der Waals surface area (Å²) in [5.74, 6) is 1.41. The average molecular weight is 389 g/mol. The standard InChI is InChI=1S/C21H25ClN2O3/c1-3-26-19-7-5-4-6-18(19)23-10-12-24(13-11-23)21(25)15-27-20-14-16(2)8-9-17(20)22/h4-9,14H,3,10-13,15H2,1-2H3. The lowest BCUT2D eigenvalue weighted by Crippen LogP contribution is -2.50. The Labute approximate surface area is 165 Å². The zero-order valence-electron chi connectivity index (χ0n) is 15.8. The van der Waals surface area contributed by atoms with Crippen LogP contribution in [0.2, 0.25) is 5.02 Å². The number of piperazine rings is 1. The number of hydrogen-bond donors (Lipinski definition) is 0. The summed E-state index contributed by atoms with van der Waals surface area (Å²) in [5, 5.41) is 0.519. The Hall–Kier alpha value is -2.40. The molecule has 6 heteroatoms. The third kappa shape index (κ3) is 4.86. The number of rotatable bonds is 6. The first-order valence-corrected chi connectivity index (χ1v) is 9.59. The van der Waals surface area contributed by atoms with Gasteiger partial charge >= 0.3 is 0 Å². The lowest BCUT2D eigenvalue weighted by molar-refractivity contribution is -0.133. The normalized spacial score (nSPS) is 14.2. The molecule has 3 rings (SSSR count). The van der Waals surface area contributed by atoms with E-state index in [9.17, 15) is 4.79 Å². The molecule has 0 N–H and O–H groups in total. The first kappa shape index (κ1) is 19.4. The summed E-state index contributed by atoms with van der Waals surface area (Å²) < 4.78 is 11.4. The number of para-hydroxylation sites is 2. The van der Waals surface area contributed by atoms with Gasteiger partial charge in [0.25, 0.3) is 5.91 Å². The summed E-state index contributed by atoms with van der Waals surface area (Å²) >= 11 is 6.12. The molecule has 0 aromatic heterocycles. The van der Waals surface area contributed by atoms with E-state index < -0.39 is 0 Å². The minimum Gasteiger partial charge on any atom is -0.492 e. The Morgan fingerprint density at radius 1 is 1.04 bits per heavy atom. The molecule has 0 spiro atoms. The fourth-order valence-corrected chi connectivity index (χ4v) is 3.32. The summed E-state index contributed by atoms with van der Waals surface area (Å²) in [6, 6.07) is 13.6. The molecule has 1 aliphatic heterocycles. The summed E-state index contributed by atoms with van der Waals surface area (Å²) in [6.45, 7) is 7.42. The predicted octanol–water partition coefficient (Wildman–Crippen LogP) is 3.77. The van der Waals surface area contributed by atoms with Crippen molar-refractivity contribution in [1.82, 2.24) is 4.90 Å². The van der Waals surface area contributed by atoms with Crippen molar-refractivity contribution in [3.05, 3.63) is 53.1 Å². The zero-order valence-corrected chi connectivity index (χ0v) is 16.5. The molecule has 2 aromatic carbocycles. The molecule has 0 radical (unpaired) electrons. The van der Waals surface area contributed by atoms with E-state index in [-0.39, 0.29) is 12.5 Å². The van der Waals surface area contributed by atoms with Gasteiger partial charge in [0.15, 0.2) is 6.61 Å². The van der Waals surface area contributed by atoms with Crippen LogP contribution in [0.1, 0.15) is 12.5 Å². The highest BCUT2D eigenvalue weighted by molar-refractivity contribution is 6.32. The summed E-state index contributed by atoms with van der Waals surface area (Å²) in [6.07, 6.45) is 0. The highest BCUT2D eigenvalue weighted by Gasteiger charge is 2.23. The minimum absolute atomic E-state index is 0.00128. The number of benzene rings is 2. The molecule has 0 aliphatic carbocycles. The molecule has 0 atom stereocenters. The van der Waals surface area contributed by atoms with Crippen molar-refractivity contribution >= 4 is 23.2 Å². The number of halogens is 1. The highest BCUT2D eigenvalue weighted by Crippen LogP contribution is 2.29. The van der Waals surface area contributed by atoms with Crippen LogP contribution in [-0.4, -0.2) is 50.2 Å². The van der Waals surface area contributed by atoms with Crippen molar-refractivity contribution in [2.75, 3.05) is 44.3 Å². The van der Waals surface area contributed by atoms with Crippen molar-refractivity contribution in [2.24, 2.45) is 0 Å². The summed E-state index contributed by atoms with van der Waals surface area (Å²) in [4.78, 5) is 16.6. The number of ether oxygens (including phenoxy) is 2. The zero-order chi connectivity index (χ0) is 19.2. The van der Waals surface area contributed by atoms with Crippen LogP contribution in [0.4, 0.5) is 5.69 Å². The molecule has 1 heterocycles. The van der Waals surface area contributed by atoms with Crippen LogP contribution in [0.5, 0.6) is 11.5 Å². The van der Waals surface area contributed by atoms with Gasteiger partial charge in [0.2, 0.25) is 0 Å². The monoisotopic (exact) mass is 388 g/mol. The smallest absolute Gasteiger partial charge is 0.260 e. The number of carbonyl (C=O) groups excluding carboxylic acids is 1. The number of hydrogen-bond acceptors (Lipinski definition) is 4. The molecular weight excluding hydrogens is 364 g/mol. The van der Waals surface area contributed by atoms with E-state index in [4.69, 9.17) is 21.1 Å². The van der Waals surface area contributed by atoms with Crippen LogP contribution in [0.25, 0.3) is 0 Å². The van der Waals surface area contributed by atoms with Crippen molar-refractivity contribution in [2.45, 2.75) is 13.8 Å². The van der Waals surface area contributed by atoms with E-state index >= 15 is 0 Å². The Morgan fingerprint density at radius 2 is 1.78 bits per heavy atom. The van der Waals surface area contributed by atoms with Crippen molar-refractivity contribution in [3.8, 4) is 11.5 Å². The number of aryl methyl sites for hydroxylation is 1. The lowest BCUT2D eigenvalue weighted by atomic mass is 10.2. The Kier molecular flexibility index (Phi) is 6.45. The quantitative estimate of drug-likeness (QED) is 0.755. The number of anilines is 1. The van der Waals surface area contributed by atoms with E-state index in [0.717, 1.165) is 30.1 Å². The molecule has 5 nitrogen and oxygen atoms in total. The van der Waals surface area contributed by atoms with Gasteiger partial charge in [0.1, 0.15) is 11.5 Å². The predicted molar refractivity (Wildman–Crippen MR) is 108 cm³/mol. The van der Waals surface area contributed by atoms with E-state index in [0.29, 0.717) is 30.5 Å². The molecular formula is C21H25ClN2O3. The topological polar surface area (TPSA) is 42.0 Å². The van der Waals surface area contributed by atoms with E-state index in [2.05, 4.69) is 11.0 Å². The van der Waals surface area contributed by atoms with Crippen LogP contribution in [0, 0.1) is 6.92 Å². The maximum Gasteiger partial charge on any atom is 0.260 e. The van der Waals surface area contributed by atoms with E-state index in [1.807, 2.05) is 49.1 Å². The van der Waals surface area contributed by atoms with Crippen LogP contribution < -0.4 is 14.4 Å². The first-order chi connectivity index (χ1) is 13.1. The maximum atomic E-state index is 12.5. The number of amides is 1. The Bertz CT molecular complexity index is 789. The van der Waals surface area contributed by atoms with Crippen molar-refractivity contribution in [1.29, 1.82) is 0 Å². The maximum absolute atomic E-state index is 12.5. The Morgan fingerprint density at radius 3 is 2.52 bits per heavy atom. The molecule has 0 bridgehead atoms. The second-order valence-electron chi connectivity index (χ2n) is 6.49. The molecule has 1 saturated heterocycles. The molecule has 0 unspecified atom stereocenters. The first-order valence-electron chi connectivity index (χ1n) is 9.22. The number of carbonyl (C=O) groups is 1. The average Bonchev–Trinajstić information content (AvgIpc) is 2.69. The number of nitrogens with zero attached hydrogens (tertiary/aromatic N) is 2. The molecule has 1 fully saturated rings. The lowest BCUT2D eigenvalue weighted by Gasteiger charge is -2.36. The van der Waals surface area contributed by atoms with Crippen LogP contribution in [-0.2, 0) is 4.79 Å². The van der Waals surface area contributed by atoms with Crippen molar-refractivity contribution < 1.29 is 14.3 Å². The highest BCUT2D eigenvalue weighted by atomic mass is 35.5. The molecule has 144 valence electrons. The van der Waals surface area contributed by atoms with Gasteiger partial charge in [-0.15, -0.1) is 0 Å². The fourth-order valence-electron chi connectivity index (χ4n) is 3.14. The fraction of sp³-hybridized carbons (Fsp3) is 0.381. The van der Waals surface area contributed by atoms with E-state index in [1.165, 1.54) is 0 Å². The minimum atomic E-state index is -0.0229. The van der Waals surface area contributed by atoms with Gasteiger partial charge < -0.3 is 19.3 Å². The molecule has 27 heavy (non-hydrogen) atoms. The molecule has 2 aromatic rings. The van der Waals surface area contributed by atoms with Gasteiger partial charge in [0, 0.05) is 26.2 Å². The second kappa shape index (κ2) is 9.00. The van der Waals surface area contributed by atoms with Crippen LogP contribution >= 0.6 is 11.6 Å². The van der Waals surface area contributed by atoms with Crippen molar-refractivity contribution in [3.63, 3.8) is 0 Å².